The lowest BCUT2D eigenvalue weighted by Gasteiger charge is -2.29. The predicted molar refractivity (Wildman–Crippen MR) is 50.5 cm³/mol. The molecule has 0 nitrogen and oxygen atoms in total. The Morgan fingerprint density at radius 1 is 1.64 bits per heavy atom. The van der Waals surface area contributed by atoms with Gasteiger partial charge >= 0.3 is 0 Å². The molecule has 0 saturated heterocycles. The summed E-state index contributed by atoms with van der Waals surface area (Å²) < 4.78 is 0. The van der Waals surface area contributed by atoms with Gasteiger partial charge in [0.05, 0.1) is 0 Å². The van der Waals surface area contributed by atoms with Crippen LogP contribution < -0.4 is 0 Å². The van der Waals surface area contributed by atoms with E-state index in [9.17, 15) is 0 Å². The minimum atomic E-state index is 0.423. The molecule has 0 heteroatoms. The SMILES string of the molecule is C=CCC1CC=CC(C)(C)C1. The largest absolute Gasteiger partial charge is 0.103 e. The normalized spacial score (nSPS) is 28.4. The first-order valence-electron chi connectivity index (χ1n) is 4.43. The molecule has 62 valence electrons. The van der Waals surface area contributed by atoms with Gasteiger partial charge < -0.3 is 0 Å². The van der Waals surface area contributed by atoms with Gasteiger partial charge in [0.15, 0.2) is 0 Å². The molecule has 0 fully saturated rings. The quantitative estimate of drug-likeness (QED) is 0.528. The molecule has 1 rings (SSSR count). The van der Waals surface area contributed by atoms with Crippen LogP contribution in [0, 0.1) is 11.3 Å². The van der Waals surface area contributed by atoms with Crippen molar-refractivity contribution in [2.45, 2.75) is 33.1 Å². The lowest BCUT2D eigenvalue weighted by atomic mass is 9.76. The number of rotatable bonds is 2. The minimum absolute atomic E-state index is 0.423. The molecule has 0 radical (unpaired) electrons. The molecule has 0 N–H and O–H groups in total. The van der Waals surface area contributed by atoms with E-state index in [1.54, 1.807) is 0 Å². The van der Waals surface area contributed by atoms with Crippen LogP contribution in [-0.2, 0) is 0 Å². The summed E-state index contributed by atoms with van der Waals surface area (Å²) in [7, 11) is 0. The summed E-state index contributed by atoms with van der Waals surface area (Å²) in [6.45, 7) is 8.39. The number of hydrogen-bond donors (Lipinski definition) is 0. The maximum Gasteiger partial charge on any atom is -0.0172 e. The third-order valence-corrected chi connectivity index (χ3v) is 2.35. The van der Waals surface area contributed by atoms with Gasteiger partial charge in [0, 0.05) is 0 Å². The highest BCUT2D eigenvalue weighted by Gasteiger charge is 2.22. The van der Waals surface area contributed by atoms with Crippen LogP contribution in [0.25, 0.3) is 0 Å². The second kappa shape index (κ2) is 3.25. The van der Waals surface area contributed by atoms with Gasteiger partial charge in [0.2, 0.25) is 0 Å². The average molecular weight is 150 g/mol. The van der Waals surface area contributed by atoms with Crippen molar-refractivity contribution >= 4 is 0 Å². The second-order valence-electron chi connectivity index (χ2n) is 4.22. The molecule has 11 heavy (non-hydrogen) atoms. The fourth-order valence-corrected chi connectivity index (χ4v) is 1.89. The van der Waals surface area contributed by atoms with Crippen molar-refractivity contribution < 1.29 is 0 Å². The molecular weight excluding hydrogens is 132 g/mol. The lowest BCUT2D eigenvalue weighted by molar-refractivity contribution is 0.315. The van der Waals surface area contributed by atoms with Crippen molar-refractivity contribution in [3.63, 3.8) is 0 Å². The van der Waals surface area contributed by atoms with Crippen LogP contribution in [0.2, 0.25) is 0 Å². The molecule has 0 saturated carbocycles. The molecule has 1 atom stereocenters. The Bertz CT molecular complexity index is 163. The molecule has 0 aromatic rings. The van der Waals surface area contributed by atoms with Crippen molar-refractivity contribution in [1.29, 1.82) is 0 Å². The van der Waals surface area contributed by atoms with Gasteiger partial charge in [-0.15, -0.1) is 6.58 Å². The van der Waals surface area contributed by atoms with E-state index in [4.69, 9.17) is 0 Å². The van der Waals surface area contributed by atoms with Crippen molar-refractivity contribution in [1.82, 2.24) is 0 Å². The Morgan fingerprint density at radius 2 is 2.36 bits per heavy atom. The smallest absolute Gasteiger partial charge is 0.0172 e. The third kappa shape index (κ3) is 2.53. The van der Waals surface area contributed by atoms with E-state index in [0.717, 1.165) is 5.92 Å². The van der Waals surface area contributed by atoms with Crippen LogP contribution in [-0.4, -0.2) is 0 Å². The fraction of sp³-hybridized carbons (Fsp3) is 0.636. The van der Waals surface area contributed by atoms with E-state index < -0.39 is 0 Å². The Labute approximate surface area is 70.0 Å². The van der Waals surface area contributed by atoms with Gasteiger partial charge in [-0.05, 0) is 30.6 Å². The molecule has 0 aromatic heterocycles. The summed E-state index contributed by atoms with van der Waals surface area (Å²) in [4.78, 5) is 0. The third-order valence-electron chi connectivity index (χ3n) is 2.35. The van der Waals surface area contributed by atoms with Crippen molar-refractivity contribution in [3.8, 4) is 0 Å². The summed E-state index contributed by atoms with van der Waals surface area (Å²) in [6, 6.07) is 0. The van der Waals surface area contributed by atoms with Gasteiger partial charge in [-0.2, -0.15) is 0 Å². The van der Waals surface area contributed by atoms with Gasteiger partial charge in [0.25, 0.3) is 0 Å². The Morgan fingerprint density at radius 3 is 2.91 bits per heavy atom. The molecule has 0 aliphatic heterocycles. The highest BCUT2D eigenvalue weighted by atomic mass is 14.3. The molecule has 0 spiro atoms. The van der Waals surface area contributed by atoms with Gasteiger partial charge in [-0.1, -0.05) is 32.1 Å². The van der Waals surface area contributed by atoms with E-state index >= 15 is 0 Å². The zero-order chi connectivity index (χ0) is 8.32. The maximum absolute atomic E-state index is 3.78. The molecule has 1 aliphatic carbocycles. The van der Waals surface area contributed by atoms with E-state index in [2.05, 4.69) is 32.6 Å². The zero-order valence-electron chi connectivity index (χ0n) is 7.64. The summed E-state index contributed by atoms with van der Waals surface area (Å²) in [5.74, 6) is 0.840. The summed E-state index contributed by atoms with van der Waals surface area (Å²) in [6.07, 6.45) is 10.4. The fourth-order valence-electron chi connectivity index (χ4n) is 1.89. The van der Waals surface area contributed by atoms with Crippen LogP contribution in [0.15, 0.2) is 24.8 Å². The molecule has 0 amide bonds. The molecule has 0 heterocycles. The molecule has 1 aliphatic rings. The van der Waals surface area contributed by atoms with Crippen LogP contribution in [0.5, 0.6) is 0 Å². The van der Waals surface area contributed by atoms with Crippen molar-refractivity contribution in [2.24, 2.45) is 11.3 Å². The Balaban J connectivity index is 2.51. The first kappa shape index (κ1) is 8.58. The lowest BCUT2D eigenvalue weighted by Crippen LogP contribution is -2.17. The zero-order valence-corrected chi connectivity index (χ0v) is 7.64. The monoisotopic (exact) mass is 150 g/mol. The molecule has 0 aromatic carbocycles. The van der Waals surface area contributed by atoms with Crippen LogP contribution in [0.3, 0.4) is 0 Å². The van der Waals surface area contributed by atoms with Crippen LogP contribution in [0.4, 0.5) is 0 Å². The van der Waals surface area contributed by atoms with Gasteiger partial charge in [0.1, 0.15) is 0 Å². The topological polar surface area (TPSA) is 0 Å². The Kier molecular flexibility index (Phi) is 2.53. The number of hydrogen-bond acceptors (Lipinski definition) is 0. The number of allylic oxidation sites excluding steroid dienone is 3. The van der Waals surface area contributed by atoms with Gasteiger partial charge in [-0.3, -0.25) is 0 Å². The second-order valence-corrected chi connectivity index (χ2v) is 4.22. The first-order valence-corrected chi connectivity index (χ1v) is 4.43. The molecule has 1 unspecified atom stereocenters. The standard InChI is InChI=1S/C11H18/c1-4-6-10-7-5-8-11(2,3)9-10/h4-5,8,10H,1,6-7,9H2,2-3H3. The predicted octanol–water partition coefficient (Wildman–Crippen LogP) is 3.55. The van der Waals surface area contributed by atoms with E-state index in [-0.39, 0.29) is 0 Å². The van der Waals surface area contributed by atoms with Crippen molar-refractivity contribution in [3.05, 3.63) is 24.8 Å². The minimum Gasteiger partial charge on any atom is -0.103 e. The summed E-state index contributed by atoms with van der Waals surface area (Å²) in [5.41, 5.74) is 0.423. The van der Waals surface area contributed by atoms with Crippen LogP contribution >= 0.6 is 0 Å². The first-order chi connectivity index (χ1) is 5.14. The summed E-state index contributed by atoms with van der Waals surface area (Å²) >= 11 is 0. The van der Waals surface area contributed by atoms with Gasteiger partial charge in [-0.25, -0.2) is 0 Å². The van der Waals surface area contributed by atoms with Crippen LogP contribution in [0.1, 0.15) is 33.1 Å². The van der Waals surface area contributed by atoms with Crippen molar-refractivity contribution in [2.75, 3.05) is 0 Å². The highest BCUT2D eigenvalue weighted by molar-refractivity contribution is 5.02. The molecule has 0 bridgehead atoms. The summed E-state index contributed by atoms with van der Waals surface area (Å²) in [5, 5.41) is 0. The highest BCUT2D eigenvalue weighted by Crippen LogP contribution is 2.34. The Hall–Kier alpha value is -0.520. The van der Waals surface area contributed by atoms with E-state index in [1.807, 2.05) is 6.08 Å². The van der Waals surface area contributed by atoms with E-state index in [0.29, 0.717) is 5.41 Å². The van der Waals surface area contributed by atoms with E-state index in [1.165, 1.54) is 19.3 Å². The maximum atomic E-state index is 3.78. The molecular formula is C11H18. The average Bonchev–Trinajstić information content (AvgIpc) is 1.85.